The van der Waals surface area contributed by atoms with E-state index in [1.807, 2.05) is 12.1 Å². The normalized spacial score (nSPS) is 27.2. The Balaban J connectivity index is 1.58. The Morgan fingerprint density at radius 3 is 2.72 bits per heavy atom. The highest BCUT2D eigenvalue weighted by Gasteiger charge is 2.70. The number of fused-ring (bicyclic) bond motifs is 2. The lowest BCUT2D eigenvalue weighted by molar-refractivity contribution is -0.126. The molecule has 1 aromatic rings. The molecule has 2 bridgehead atoms. The van der Waals surface area contributed by atoms with Gasteiger partial charge in [0.1, 0.15) is 18.8 Å². The van der Waals surface area contributed by atoms with Crippen LogP contribution in [0.15, 0.2) is 60.1 Å². The smallest absolute Gasteiger partial charge is 0.362 e. The van der Waals surface area contributed by atoms with Crippen molar-refractivity contribution in [1.82, 2.24) is 10.6 Å². The van der Waals surface area contributed by atoms with Crippen LogP contribution < -0.4 is 10.6 Å². The van der Waals surface area contributed by atoms with E-state index in [1.54, 1.807) is 12.1 Å². The first-order valence-electron chi connectivity index (χ1n) is 10.0. The molecule has 172 valence electrons. The number of carbonyl (C=O) groups is 2. The lowest BCUT2D eigenvalue weighted by Gasteiger charge is -2.26. The van der Waals surface area contributed by atoms with Crippen molar-refractivity contribution in [1.29, 1.82) is 0 Å². The van der Waals surface area contributed by atoms with Gasteiger partial charge in [0.25, 0.3) is 5.91 Å². The van der Waals surface area contributed by atoms with E-state index in [2.05, 4.69) is 17.2 Å². The second kappa shape index (κ2) is 10.3. The Labute approximate surface area is 196 Å². The molecule has 32 heavy (non-hydrogen) atoms. The SMILES string of the molecule is C=C/C(=C\C(F)=C\Cl)OCC(=O)NC12CC[P+](C(=O)NCc3ccc(Cl)cc3)(C1)C(O)C2. The summed E-state index contributed by atoms with van der Waals surface area (Å²) in [4.78, 5) is 25.5. The number of aliphatic hydroxyl groups excluding tert-OH is 1. The van der Waals surface area contributed by atoms with E-state index in [4.69, 9.17) is 27.9 Å². The van der Waals surface area contributed by atoms with Crippen molar-refractivity contribution < 1.29 is 23.8 Å². The number of rotatable bonds is 9. The summed E-state index contributed by atoms with van der Waals surface area (Å²) in [5.41, 5.74) is 0.901. The van der Waals surface area contributed by atoms with Crippen molar-refractivity contribution in [2.24, 2.45) is 0 Å². The monoisotopic (exact) mass is 501 g/mol. The van der Waals surface area contributed by atoms with Crippen LogP contribution >= 0.6 is 30.5 Å². The van der Waals surface area contributed by atoms with Gasteiger partial charge in [0.15, 0.2) is 12.5 Å². The van der Waals surface area contributed by atoms with Crippen LogP contribution in [-0.4, -0.2) is 47.0 Å². The van der Waals surface area contributed by atoms with Gasteiger partial charge in [-0.3, -0.25) is 4.79 Å². The molecule has 0 spiro atoms. The molecular weight excluding hydrogens is 477 g/mol. The Morgan fingerprint density at radius 1 is 1.38 bits per heavy atom. The number of nitrogens with one attached hydrogen (secondary N) is 2. The fourth-order valence-corrected chi connectivity index (χ4v) is 9.10. The topological polar surface area (TPSA) is 87.7 Å². The van der Waals surface area contributed by atoms with E-state index in [9.17, 15) is 19.1 Å². The highest BCUT2D eigenvalue weighted by Crippen LogP contribution is 2.76. The molecule has 3 atom stereocenters. The molecule has 2 amide bonds. The van der Waals surface area contributed by atoms with Crippen molar-refractivity contribution >= 4 is 42.0 Å². The summed E-state index contributed by atoms with van der Waals surface area (Å²) in [6.45, 7) is 3.51. The Bertz CT molecular complexity index is 956. The van der Waals surface area contributed by atoms with E-state index in [0.29, 0.717) is 36.7 Å². The average Bonchev–Trinajstić information content (AvgIpc) is 3.28. The van der Waals surface area contributed by atoms with Crippen LogP contribution in [0, 0.1) is 0 Å². The molecule has 1 aromatic carbocycles. The summed E-state index contributed by atoms with van der Waals surface area (Å²) in [6.07, 6.45) is 4.25. The van der Waals surface area contributed by atoms with Gasteiger partial charge < -0.3 is 20.5 Å². The second-order valence-electron chi connectivity index (χ2n) is 8.00. The molecule has 0 radical (unpaired) electrons. The summed E-state index contributed by atoms with van der Waals surface area (Å²) in [7, 11) is -2.35. The van der Waals surface area contributed by atoms with Crippen LogP contribution in [0.3, 0.4) is 0 Å². The van der Waals surface area contributed by atoms with Crippen molar-refractivity contribution in [3.8, 4) is 0 Å². The third kappa shape index (κ3) is 5.52. The zero-order valence-electron chi connectivity index (χ0n) is 17.3. The number of ether oxygens (including phenoxy) is 1. The third-order valence-electron chi connectivity index (χ3n) is 5.84. The second-order valence-corrected chi connectivity index (χ2v) is 12.5. The van der Waals surface area contributed by atoms with Gasteiger partial charge in [0.05, 0.1) is 17.9 Å². The minimum absolute atomic E-state index is 0.0633. The van der Waals surface area contributed by atoms with Crippen LogP contribution in [0.2, 0.25) is 5.02 Å². The van der Waals surface area contributed by atoms with Gasteiger partial charge in [-0.2, -0.15) is 0 Å². The fraction of sp³-hybridized carbons (Fsp3) is 0.364. The average molecular weight is 502 g/mol. The van der Waals surface area contributed by atoms with Crippen molar-refractivity contribution in [3.63, 3.8) is 0 Å². The van der Waals surface area contributed by atoms with Crippen molar-refractivity contribution in [2.75, 3.05) is 18.9 Å². The minimum Gasteiger partial charge on any atom is -0.484 e. The Hall–Kier alpha value is -1.92. The van der Waals surface area contributed by atoms with Crippen LogP contribution in [0.5, 0.6) is 0 Å². The first-order valence-corrected chi connectivity index (χ1v) is 13.1. The number of aliphatic hydroxyl groups is 1. The van der Waals surface area contributed by atoms with E-state index in [-0.39, 0.29) is 18.0 Å². The first kappa shape index (κ1) is 24.7. The highest BCUT2D eigenvalue weighted by molar-refractivity contribution is 7.91. The number of hydrogen-bond donors (Lipinski definition) is 3. The largest absolute Gasteiger partial charge is 0.484 e. The quantitative estimate of drug-likeness (QED) is 0.260. The number of carbonyl (C=O) groups excluding carboxylic acids is 2. The predicted molar refractivity (Wildman–Crippen MR) is 126 cm³/mol. The minimum atomic E-state index is -2.35. The summed E-state index contributed by atoms with van der Waals surface area (Å²) in [5, 5.41) is 17.2. The summed E-state index contributed by atoms with van der Waals surface area (Å²) >= 11 is 11.2. The van der Waals surface area contributed by atoms with Gasteiger partial charge in [0, 0.05) is 36.0 Å². The molecule has 0 saturated carbocycles. The molecule has 2 saturated heterocycles. The lowest BCUT2D eigenvalue weighted by atomic mass is 9.95. The number of benzene rings is 1. The molecule has 0 aliphatic carbocycles. The van der Waals surface area contributed by atoms with Gasteiger partial charge in [-0.15, -0.1) is 0 Å². The van der Waals surface area contributed by atoms with E-state index in [0.717, 1.165) is 17.2 Å². The van der Waals surface area contributed by atoms with Crippen LogP contribution in [0.25, 0.3) is 0 Å². The van der Waals surface area contributed by atoms with Crippen molar-refractivity contribution in [3.05, 3.63) is 70.7 Å². The molecular formula is C22H25Cl2FN2O4P+. The van der Waals surface area contributed by atoms with E-state index in [1.165, 1.54) is 6.08 Å². The maximum atomic E-state index is 13.2. The van der Waals surface area contributed by atoms with Gasteiger partial charge in [-0.05, 0) is 23.8 Å². The molecule has 2 aliphatic heterocycles. The number of allylic oxidation sites excluding steroid dienone is 3. The number of halogens is 3. The molecule has 10 heteroatoms. The lowest BCUT2D eigenvalue weighted by Crippen LogP contribution is -2.49. The maximum Gasteiger partial charge on any atom is 0.362 e. The standard InChI is InChI=1S/C22H24Cl2FN2O4P/c1-2-18(9-17(25)11-23)31-13-19(28)27-22-7-8-32(14-22,20(29)10-22)21(30)26-12-15-3-5-16(24)6-4-15/h2-6,9,11,20,29H,1,7-8,10,12-14H2,(H-,26,27,28,30)/p+1/b17-11-,18-9+. The van der Waals surface area contributed by atoms with Gasteiger partial charge >= 0.3 is 5.65 Å². The summed E-state index contributed by atoms with van der Waals surface area (Å²) in [5.74, 6) is -1.83. The van der Waals surface area contributed by atoms with Crippen LogP contribution in [-0.2, 0) is 16.1 Å². The summed E-state index contributed by atoms with van der Waals surface area (Å²) in [6, 6.07) is 7.19. The molecule has 2 heterocycles. The van der Waals surface area contributed by atoms with E-state index >= 15 is 0 Å². The zero-order chi connectivity index (χ0) is 23.4. The Kier molecular flexibility index (Phi) is 7.99. The van der Waals surface area contributed by atoms with Crippen LogP contribution in [0.1, 0.15) is 18.4 Å². The van der Waals surface area contributed by atoms with Crippen molar-refractivity contribution in [2.45, 2.75) is 30.8 Å². The molecule has 0 aromatic heterocycles. The van der Waals surface area contributed by atoms with Gasteiger partial charge in [-0.1, -0.05) is 41.9 Å². The van der Waals surface area contributed by atoms with Gasteiger partial charge in [0.2, 0.25) is 0 Å². The number of hydrogen-bond acceptors (Lipinski definition) is 4. The first-order chi connectivity index (χ1) is 15.2. The van der Waals surface area contributed by atoms with Crippen LogP contribution in [0.4, 0.5) is 9.18 Å². The molecule has 3 unspecified atom stereocenters. The molecule has 2 aliphatic rings. The predicted octanol–water partition coefficient (Wildman–Crippen LogP) is 4.68. The molecule has 6 nitrogen and oxygen atoms in total. The fourth-order valence-electron chi connectivity index (χ4n) is 4.26. The number of amides is 2. The maximum absolute atomic E-state index is 13.2. The molecule has 3 rings (SSSR count). The molecule has 3 N–H and O–H groups in total. The highest BCUT2D eigenvalue weighted by atomic mass is 35.5. The van der Waals surface area contributed by atoms with E-state index < -0.39 is 30.4 Å². The third-order valence-corrected chi connectivity index (χ3v) is 10.8. The summed E-state index contributed by atoms with van der Waals surface area (Å²) < 4.78 is 18.5. The van der Waals surface area contributed by atoms with Gasteiger partial charge in [-0.25, -0.2) is 9.18 Å². The molecule has 2 fully saturated rings. The Morgan fingerprint density at radius 2 is 2.09 bits per heavy atom. The zero-order valence-corrected chi connectivity index (χ0v) is 19.7.